The van der Waals surface area contributed by atoms with Crippen molar-refractivity contribution in [3.05, 3.63) is 0 Å². The zero-order valence-electron chi connectivity index (χ0n) is 10.4. The molecule has 0 radical (unpaired) electrons. The van der Waals surface area contributed by atoms with Gasteiger partial charge in [0.2, 0.25) is 0 Å². The van der Waals surface area contributed by atoms with Gasteiger partial charge in [-0.1, -0.05) is 0 Å². The molecule has 0 aliphatic carbocycles. The van der Waals surface area contributed by atoms with Crippen LogP contribution in [0.5, 0.6) is 0 Å². The number of ether oxygens (including phenoxy) is 1. The highest BCUT2D eigenvalue weighted by Crippen LogP contribution is 2.05. The fourth-order valence-corrected chi connectivity index (χ4v) is 1.40. The van der Waals surface area contributed by atoms with Gasteiger partial charge in [0, 0.05) is 6.54 Å². The van der Waals surface area contributed by atoms with Crippen LogP contribution in [0, 0.1) is 0 Å². The van der Waals surface area contributed by atoms with Crippen LogP contribution in [0.25, 0.3) is 0 Å². The van der Waals surface area contributed by atoms with Gasteiger partial charge in [-0.25, -0.2) is 4.79 Å². The molecular formula is C10H15NO9. The fourth-order valence-electron chi connectivity index (χ4n) is 1.40. The molecule has 114 valence electrons. The minimum Gasteiger partial charge on any atom is -0.481 e. The number of carbonyl (C=O) groups is 4. The molecule has 10 nitrogen and oxygen atoms in total. The van der Waals surface area contributed by atoms with Crippen LogP contribution in [0.2, 0.25) is 0 Å². The normalized spacial score (nSPS) is 12.1. The number of aliphatic carboxylic acids is 4. The Morgan fingerprint density at radius 3 is 1.95 bits per heavy atom. The maximum Gasteiger partial charge on any atom is 0.329 e. The largest absolute Gasteiger partial charge is 0.481 e. The summed E-state index contributed by atoms with van der Waals surface area (Å²) in [6.45, 7) is -1.76. The number of hydrogen-bond acceptors (Lipinski definition) is 6. The highest BCUT2D eigenvalue weighted by molar-refractivity contribution is 5.81. The molecule has 0 rings (SSSR count). The molecule has 0 heterocycles. The van der Waals surface area contributed by atoms with E-state index in [2.05, 4.69) is 4.74 Å². The van der Waals surface area contributed by atoms with Gasteiger partial charge < -0.3 is 25.2 Å². The van der Waals surface area contributed by atoms with E-state index in [1.54, 1.807) is 0 Å². The van der Waals surface area contributed by atoms with Gasteiger partial charge in [0.05, 0.1) is 19.6 Å². The lowest BCUT2D eigenvalue weighted by atomic mass is 10.1. The van der Waals surface area contributed by atoms with E-state index in [0.29, 0.717) is 0 Å². The van der Waals surface area contributed by atoms with E-state index >= 15 is 0 Å². The van der Waals surface area contributed by atoms with Gasteiger partial charge in [-0.05, 0) is 0 Å². The van der Waals surface area contributed by atoms with E-state index in [1.165, 1.54) is 0 Å². The van der Waals surface area contributed by atoms with Crippen LogP contribution in [0.1, 0.15) is 6.42 Å². The van der Waals surface area contributed by atoms with E-state index in [4.69, 9.17) is 20.4 Å². The summed E-state index contributed by atoms with van der Waals surface area (Å²) in [5.41, 5.74) is 0. The molecule has 0 amide bonds. The molecule has 0 aromatic carbocycles. The summed E-state index contributed by atoms with van der Waals surface area (Å²) in [6, 6.07) is -1.53. The maximum absolute atomic E-state index is 11.0. The Bertz CT molecular complexity index is 381. The van der Waals surface area contributed by atoms with Crippen LogP contribution < -0.4 is 0 Å². The molecule has 0 fully saturated rings. The lowest BCUT2D eigenvalue weighted by molar-refractivity contribution is -0.153. The molecule has 0 aromatic heterocycles. The van der Waals surface area contributed by atoms with Crippen molar-refractivity contribution in [1.29, 1.82) is 0 Å². The van der Waals surface area contributed by atoms with Crippen molar-refractivity contribution in [3.8, 4) is 0 Å². The summed E-state index contributed by atoms with van der Waals surface area (Å²) in [5.74, 6) is -5.43. The van der Waals surface area contributed by atoms with Crippen molar-refractivity contribution in [2.24, 2.45) is 0 Å². The zero-order chi connectivity index (χ0) is 15.7. The summed E-state index contributed by atoms with van der Waals surface area (Å²) >= 11 is 0. The molecular weight excluding hydrogens is 278 g/mol. The number of carboxylic acids is 4. The Labute approximate surface area is 113 Å². The summed E-state index contributed by atoms with van der Waals surface area (Å²) < 4.78 is 4.67. The molecule has 4 N–H and O–H groups in total. The van der Waals surface area contributed by atoms with Gasteiger partial charge in [0.15, 0.2) is 0 Å². The van der Waals surface area contributed by atoms with E-state index in [9.17, 15) is 19.2 Å². The molecule has 0 aliphatic rings. The minimum atomic E-state index is -1.53. The number of hydrogen-bond donors (Lipinski definition) is 4. The second kappa shape index (κ2) is 8.82. The van der Waals surface area contributed by atoms with Gasteiger partial charge in [0.1, 0.15) is 12.6 Å². The second-order valence-corrected chi connectivity index (χ2v) is 3.76. The standard InChI is InChI=1S/C10H15NO9/c12-7(13)3-6(10(18)19)11(4-8(14)15)1-2-20-5-9(16)17/h6H,1-5H2,(H,12,13)(H,14,15)(H,16,17)(H,18,19)/t6-/m0/s1. The smallest absolute Gasteiger partial charge is 0.329 e. The molecule has 0 aliphatic heterocycles. The van der Waals surface area contributed by atoms with Crippen LogP contribution in [-0.4, -0.2) is 81.5 Å². The molecule has 20 heavy (non-hydrogen) atoms. The number of rotatable bonds is 11. The highest BCUT2D eigenvalue weighted by Gasteiger charge is 2.29. The average Bonchev–Trinajstić information content (AvgIpc) is 2.28. The van der Waals surface area contributed by atoms with E-state index in [0.717, 1.165) is 4.90 Å². The summed E-state index contributed by atoms with van der Waals surface area (Å²) in [6.07, 6.45) is -0.776. The van der Waals surface area contributed by atoms with Crippen molar-refractivity contribution in [2.45, 2.75) is 12.5 Å². The first-order valence-electron chi connectivity index (χ1n) is 5.44. The third kappa shape index (κ3) is 8.00. The predicted octanol–water partition coefficient (Wildman–Crippen LogP) is -1.60. The molecule has 0 unspecified atom stereocenters. The molecule has 0 aromatic rings. The first-order chi connectivity index (χ1) is 9.23. The zero-order valence-corrected chi connectivity index (χ0v) is 10.4. The van der Waals surface area contributed by atoms with Crippen molar-refractivity contribution in [1.82, 2.24) is 4.90 Å². The summed E-state index contributed by atoms with van der Waals surface area (Å²) in [5, 5.41) is 34.5. The molecule has 0 saturated heterocycles. The molecule has 10 heteroatoms. The fraction of sp³-hybridized carbons (Fsp3) is 0.600. The third-order valence-electron chi connectivity index (χ3n) is 2.18. The van der Waals surface area contributed by atoms with Gasteiger partial charge in [-0.15, -0.1) is 0 Å². The van der Waals surface area contributed by atoms with Crippen molar-refractivity contribution >= 4 is 23.9 Å². The van der Waals surface area contributed by atoms with Gasteiger partial charge in [-0.3, -0.25) is 19.3 Å². The Morgan fingerprint density at radius 2 is 1.55 bits per heavy atom. The summed E-state index contributed by atoms with van der Waals surface area (Å²) in [7, 11) is 0. The quantitative estimate of drug-likeness (QED) is 0.326. The first-order valence-corrected chi connectivity index (χ1v) is 5.44. The summed E-state index contributed by atoms with van der Waals surface area (Å²) in [4.78, 5) is 43.3. The van der Waals surface area contributed by atoms with E-state index in [1.807, 2.05) is 0 Å². The average molecular weight is 293 g/mol. The SMILES string of the molecule is O=C(O)COCCN(CC(=O)O)[C@@H](CC(=O)O)C(=O)O. The van der Waals surface area contributed by atoms with Crippen LogP contribution in [0.15, 0.2) is 0 Å². The molecule has 0 spiro atoms. The van der Waals surface area contributed by atoms with Crippen molar-refractivity contribution in [2.75, 3.05) is 26.3 Å². The van der Waals surface area contributed by atoms with Gasteiger partial charge >= 0.3 is 23.9 Å². The van der Waals surface area contributed by atoms with Crippen molar-refractivity contribution in [3.63, 3.8) is 0 Å². The maximum atomic E-state index is 11.0. The Hall–Kier alpha value is -2.20. The van der Waals surface area contributed by atoms with Crippen LogP contribution in [0.3, 0.4) is 0 Å². The third-order valence-corrected chi connectivity index (χ3v) is 2.18. The van der Waals surface area contributed by atoms with Crippen LogP contribution in [-0.2, 0) is 23.9 Å². The Balaban J connectivity index is 4.64. The predicted molar refractivity (Wildman–Crippen MR) is 61.3 cm³/mol. The van der Waals surface area contributed by atoms with E-state index in [-0.39, 0.29) is 13.2 Å². The molecule has 0 saturated carbocycles. The monoisotopic (exact) mass is 293 g/mol. The molecule has 1 atom stereocenters. The van der Waals surface area contributed by atoms with Crippen LogP contribution >= 0.6 is 0 Å². The van der Waals surface area contributed by atoms with Crippen LogP contribution in [0.4, 0.5) is 0 Å². The number of nitrogens with zero attached hydrogens (tertiary/aromatic N) is 1. The Kier molecular flexibility index (Phi) is 7.85. The van der Waals surface area contributed by atoms with E-state index < -0.39 is 49.5 Å². The first kappa shape index (κ1) is 17.8. The second-order valence-electron chi connectivity index (χ2n) is 3.76. The van der Waals surface area contributed by atoms with Crippen molar-refractivity contribution < 1.29 is 44.3 Å². The van der Waals surface area contributed by atoms with Gasteiger partial charge in [0.25, 0.3) is 0 Å². The Morgan fingerprint density at radius 1 is 0.950 bits per heavy atom. The minimum absolute atomic E-state index is 0.218. The molecule has 0 bridgehead atoms. The van der Waals surface area contributed by atoms with Gasteiger partial charge in [-0.2, -0.15) is 0 Å². The highest BCUT2D eigenvalue weighted by atomic mass is 16.5. The lowest BCUT2D eigenvalue weighted by Gasteiger charge is -2.25. The number of carboxylic acid groups (broad SMARTS) is 4. The lowest BCUT2D eigenvalue weighted by Crippen LogP contribution is -2.46. The topological polar surface area (TPSA) is 162 Å².